The number of nitro groups is 1. The lowest BCUT2D eigenvalue weighted by Gasteiger charge is -2.03. The second-order valence-electron chi connectivity index (χ2n) is 3.83. The Bertz CT molecular complexity index is 665. The predicted octanol–water partition coefficient (Wildman–Crippen LogP) is 3.12. The predicted molar refractivity (Wildman–Crippen MR) is 74.3 cm³/mol. The highest BCUT2D eigenvalue weighted by Crippen LogP contribution is 2.34. The summed E-state index contributed by atoms with van der Waals surface area (Å²) in [6.07, 6.45) is 0. The summed E-state index contributed by atoms with van der Waals surface area (Å²) >= 11 is 1.23. The van der Waals surface area contributed by atoms with Gasteiger partial charge in [-0.3, -0.25) is 10.1 Å². The number of thiophene rings is 1. The Morgan fingerprint density at radius 1 is 1.25 bits per heavy atom. The van der Waals surface area contributed by atoms with Gasteiger partial charge in [0.25, 0.3) is 0 Å². The summed E-state index contributed by atoms with van der Waals surface area (Å²) in [6, 6.07) is 6.29. The van der Waals surface area contributed by atoms with Crippen LogP contribution in [-0.4, -0.2) is 25.1 Å². The summed E-state index contributed by atoms with van der Waals surface area (Å²) in [5.41, 5.74) is 1.25. The van der Waals surface area contributed by atoms with Gasteiger partial charge in [-0.2, -0.15) is 0 Å². The van der Waals surface area contributed by atoms with Crippen molar-refractivity contribution in [1.82, 2.24) is 0 Å². The van der Waals surface area contributed by atoms with Crippen molar-refractivity contribution in [2.75, 3.05) is 14.2 Å². The van der Waals surface area contributed by atoms with Crippen LogP contribution in [0.15, 0.2) is 29.6 Å². The maximum absolute atomic E-state index is 11.4. The zero-order valence-electron chi connectivity index (χ0n) is 10.8. The van der Waals surface area contributed by atoms with Crippen molar-refractivity contribution in [2.45, 2.75) is 0 Å². The zero-order valence-corrected chi connectivity index (χ0v) is 11.6. The normalized spacial score (nSPS) is 10.1. The molecule has 7 heteroatoms. The Hall–Kier alpha value is -2.41. The van der Waals surface area contributed by atoms with E-state index in [2.05, 4.69) is 4.74 Å². The van der Waals surface area contributed by atoms with Crippen LogP contribution in [0, 0.1) is 10.1 Å². The van der Waals surface area contributed by atoms with Crippen molar-refractivity contribution in [3.8, 4) is 16.9 Å². The van der Waals surface area contributed by atoms with Gasteiger partial charge in [-0.05, 0) is 28.6 Å². The molecule has 1 aromatic heterocycles. The SMILES string of the molecule is COC(=O)c1cc(-c2ccc(OC)c([N+](=O)[O-])c2)cs1. The number of hydrogen-bond donors (Lipinski definition) is 0. The lowest BCUT2D eigenvalue weighted by molar-refractivity contribution is -0.385. The van der Waals surface area contributed by atoms with E-state index in [1.807, 2.05) is 0 Å². The van der Waals surface area contributed by atoms with Gasteiger partial charge in [-0.25, -0.2) is 4.79 Å². The number of carbonyl (C=O) groups excluding carboxylic acids is 1. The fourth-order valence-electron chi connectivity index (χ4n) is 1.71. The molecule has 0 atom stereocenters. The molecule has 0 spiro atoms. The quantitative estimate of drug-likeness (QED) is 0.491. The number of rotatable bonds is 4. The highest BCUT2D eigenvalue weighted by molar-refractivity contribution is 7.12. The summed E-state index contributed by atoms with van der Waals surface area (Å²) < 4.78 is 9.57. The van der Waals surface area contributed by atoms with E-state index in [0.29, 0.717) is 10.4 Å². The molecule has 0 bridgehead atoms. The molecule has 104 valence electrons. The number of nitro benzene ring substituents is 1. The molecule has 0 N–H and O–H groups in total. The van der Waals surface area contributed by atoms with E-state index >= 15 is 0 Å². The topological polar surface area (TPSA) is 78.7 Å². The second kappa shape index (κ2) is 5.70. The maximum atomic E-state index is 11.4. The van der Waals surface area contributed by atoms with Crippen molar-refractivity contribution >= 4 is 23.0 Å². The lowest BCUT2D eigenvalue weighted by atomic mass is 10.1. The average Bonchev–Trinajstić information content (AvgIpc) is 2.95. The Kier molecular flexibility index (Phi) is 3.99. The second-order valence-corrected chi connectivity index (χ2v) is 4.75. The van der Waals surface area contributed by atoms with E-state index in [1.165, 1.54) is 37.7 Å². The monoisotopic (exact) mass is 293 g/mol. The fourth-order valence-corrected chi connectivity index (χ4v) is 2.54. The zero-order chi connectivity index (χ0) is 14.7. The van der Waals surface area contributed by atoms with Crippen molar-refractivity contribution < 1.29 is 19.2 Å². The minimum atomic E-state index is -0.504. The van der Waals surface area contributed by atoms with Crippen molar-refractivity contribution in [3.63, 3.8) is 0 Å². The summed E-state index contributed by atoms with van der Waals surface area (Å²) in [6.45, 7) is 0. The number of methoxy groups -OCH3 is 2. The number of nitrogens with zero attached hydrogens (tertiary/aromatic N) is 1. The molecule has 0 saturated carbocycles. The Labute approximate surface area is 118 Å². The average molecular weight is 293 g/mol. The van der Waals surface area contributed by atoms with Crippen molar-refractivity contribution in [1.29, 1.82) is 0 Å². The molecule has 1 aromatic carbocycles. The van der Waals surface area contributed by atoms with Crippen LogP contribution in [0.5, 0.6) is 5.75 Å². The van der Waals surface area contributed by atoms with Crippen LogP contribution in [0.2, 0.25) is 0 Å². The van der Waals surface area contributed by atoms with Gasteiger partial charge in [-0.1, -0.05) is 6.07 Å². The standard InChI is InChI=1S/C13H11NO5S/c1-18-11-4-3-8(5-10(11)14(16)17)9-6-12(20-7-9)13(15)19-2/h3-7H,1-2H3. The van der Waals surface area contributed by atoms with Gasteiger partial charge in [0.05, 0.1) is 19.1 Å². The number of carbonyl (C=O) groups is 1. The van der Waals surface area contributed by atoms with Crippen LogP contribution in [-0.2, 0) is 4.74 Å². The summed E-state index contributed by atoms with van der Waals surface area (Å²) in [5, 5.41) is 12.7. The highest BCUT2D eigenvalue weighted by atomic mass is 32.1. The molecule has 0 saturated heterocycles. The van der Waals surface area contributed by atoms with Gasteiger partial charge in [0.2, 0.25) is 0 Å². The van der Waals surface area contributed by atoms with E-state index in [9.17, 15) is 14.9 Å². The maximum Gasteiger partial charge on any atom is 0.348 e. The number of esters is 1. The minimum absolute atomic E-state index is 0.115. The van der Waals surface area contributed by atoms with E-state index in [4.69, 9.17) is 4.74 Å². The Morgan fingerprint density at radius 3 is 2.60 bits per heavy atom. The van der Waals surface area contributed by atoms with E-state index in [-0.39, 0.29) is 11.4 Å². The third-order valence-corrected chi connectivity index (χ3v) is 3.61. The van der Waals surface area contributed by atoms with Crippen molar-refractivity contribution in [2.24, 2.45) is 0 Å². The highest BCUT2D eigenvalue weighted by Gasteiger charge is 2.17. The molecule has 0 amide bonds. The van der Waals surface area contributed by atoms with E-state index in [0.717, 1.165) is 5.56 Å². The van der Waals surface area contributed by atoms with Gasteiger partial charge in [-0.15, -0.1) is 11.3 Å². The lowest BCUT2D eigenvalue weighted by Crippen LogP contribution is -1.97. The molecule has 20 heavy (non-hydrogen) atoms. The minimum Gasteiger partial charge on any atom is -0.490 e. The molecule has 1 heterocycles. The summed E-state index contributed by atoms with van der Waals surface area (Å²) in [7, 11) is 2.68. The van der Waals surface area contributed by atoms with Crippen LogP contribution in [0.3, 0.4) is 0 Å². The third kappa shape index (κ3) is 2.62. The Morgan fingerprint density at radius 2 is 2.00 bits per heavy atom. The van der Waals surface area contributed by atoms with Crippen LogP contribution >= 0.6 is 11.3 Å². The van der Waals surface area contributed by atoms with Gasteiger partial charge in [0, 0.05) is 6.07 Å². The van der Waals surface area contributed by atoms with Crippen LogP contribution in [0.25, 0.3) is 11.1 Å². The summed E-state index contributed by atoms with van der Waals surface area (Å²) in [4.78, 5) is 22.3. The molecule has 0 aliphatic rings. The number of benzene rings is 1. The molecule has 2 aromatic rings. The number of hydrogen-bond acceptors (Lipinski definition) is 6. The molecule has 0 aliphatic heterocycles. The first-order valence-electron chi connectivity index (χ1n) is 5.56. The largest absolute Gasteiger partial charge is 0.490 e. The molecule has 2 rings (SSSR count). The summed E-state index contributed by atoms with van der Waals surface area (Å²) in [5.74, 6) is -0.230. The molecular weight excluding hydrogens is 282 g/mol. The smallest absolute Gasteiger partial charge is 0.348 e. The molecule has 6 nitrogen and oxygen atoms in total. The third-order valence-electron chi connectivity index (χ3n) is 2.69. The first-order chi connectivity index (χ1) is 9.56. The van der Waals surface area contributed by atoms with Crippen molar-refractivity contribution in [3.05, 3.63) is 44.6 Å². The Balaban J connectivity index is 2.43. The molecule has 0 radical (unpaired) electrons. The van der Waals surface area contributed by atoms with Gasteiger partial charge in [0.1, 0.15) is 4.88 Å². The fraction of sp³-hybridized carbons (Fsp3) is 0.154. The van der Waals surface area contributed by atoms with Gasteiger partial charge in [0.15, 0.2) is 5.75 Å². The van der Waals surface area contributed by atoms with E-state index < -0.39 is 10.9 Å². The number of ether oxygens (including phenoxy) is 2. The molecule has 0 fully saturated rings. The van der Waals surface area contributed by atoms with Gasteiger partial charge < -0.3 is 9.47 Å². The first kappa shape index (κ1) is 14.0. The van der Waals surface area contributed by atoms with Crippen LogP contribution < -0.4 is 4.74 Å². The molecule has 0 unspecified atom stereocenters. The van der Waals surface area contributed by atoms with Crippen LogP contribution in [0.1, 0.15) is 9.67 Å². The molecule has 0 aliphatic carbocycles. The molecular formula is C13H11NO5S. The van der Waals surface area contributed by atoms with E-state index in [1.54, 1.807) is 17.5 Å². The van der Waals surface area contributed by atoms with Crippen LogP contribution in [0.4, 0.5) is 5.69 Å². The van der Waals surface area contributed by atoms with Gasteiger partial charge >= 0.3 is 11.7 Å². The first-order valence-corrected chi connectivity index (χ1v) is 6.44.